The van der Waals surface area contributed by atoms with E-state index in [2.05, 4.69) is 10.6 Å². The minimum Gasteiger partial charge on any atom is -0.345 e. The van der Waals surface area contributed by atoms with Gasteiger partial charge in [-0.1, -0.05) is 11.6 Å². The van der Waals surface area contributed by atoms with Crippen molar-refractivity contribution in [1.29, 1.82) is 0 Å². The van der Waals surface area contributed by atoms with Crippen molar-refractivity contribution in [2.75, 3.05) is 5.32 Å². The highest BCUT2D eigenvalue weighted by Gasteiger charge is 2.14. The Morgan fingerprint density at radius 3 is 2.59 bits per heavy atom. The molecule has 0 bridgehead atoms. The maximum Gasteiger partial charge on any atom is 0.246 e. The number of halogens is 2. The SMILES string of the molecule is CC(=O)N[C@H](C)C(=O)Nc1ccc(F)c(Cl)c1. The molecule has 0 heterocycles. The molecule has 17 heavy (non-hydrogen) atoms. The molecule has 4 nitrogen and oxygen atoms in total. The van der Waals surface area contributed by atoms with Crippen LogP contribution in [0.5, 0.6) is 0 Å². The summed E-state index contributed by atoms with van der Waals surface area (Å²) in [4.78, 5) is 22.3. The highest BCUT2D eigenvalue weighted by molar-refractivity contribution is 6.31. The van der Waals surface area contributed by atoms with Gasteiger partial charge < -0.3 is 10.6 Å². The molecule has 0 fully saturated rings. The van der Waals surface area contributed by atoms with Crippen LogP contribution < -0.4 is 10.6 Å². The molecule has 0 radical (unpaired) electrons. The Morgan fingerprint density at radius 2 is 2.06 bits per heavy atom. The van der Waals surface area contributed by atoms with Gasteiger partial charge in [-0.15, -0.1) is 0 Å². The van der Waals surface area contributed by atoms with Crippen molar-refractivity contribution < 1.29 is 14.0 Å². The van der Waals surface area contributed by atoms with E-state index in [1.54, 1.807) is 6.92 Å². The Hall–Kier alpha value is -1.62. The first kappa shape index (κ1) is 13.4. The normalized spacial score (nSPS) is 11.8. The molecule has 0 saturated heterocycles. The van der Waals surface area contributed by atoms with Crippen molar-refractivity contribution in [3.8, 4) is 0 Å². The van der Waals surface area contributed by atoms with Crippen molar-refractivity contribution in [2.24, 2.45) is 0 Å². The Bertz CT molecular complexity index is 451. The average molecular weight is 259 g/mol. The second kappa shape index (κ2) is 5.63. The lowest BCUT2D eigenvalue weighted by atomic mass is 10.2. The quantitative estimate of drug-likeness (QED) is 0.871. The molecule has 1 atom stereocenters. The van der Waals surface area contributed by atoms with Gasteiger partial charge in [0.1, 0.15) is 11.9 Å². The van der Waals surface area contributed by atoms with Gasteiger partial charge in [-0.3, -0.25) is 9.59 Å². The van der Waals surface area contributed by atoms with Gasteiger partial charge in [-0.25, -0.2) is 4.39 Å². The molecule has 1 aromatic rings. The second-order valence-corrected chi connectivity index (χ2v) is 3.95. The van der Waals surface area contributed by atoms with E-state index >= 15 is 0 Å². The standard InChI is InChI=1S/C11H12ClFN2O2/c1-6(14-7(2)16)11(17)15-8-3-4-10(13)9(12)5-8/h3-6H,1-2H3,(H,14,16)(H,15,17)/t6-/m1/s1. The Kier molecular flexibility index (Phi) is 4.45. The molecule has 92 valence electrons. The summed E-state index contributed by atoms with van der Waals surface area (Å²) >= 11 is 5.57. The average Bonchev–Trinajstić information content (AvgIpc) is 2.22. The zero-order valence-electron chi connectivity index (χ0n) is 9.38. The molecular formula is C11H12ClFN2O2. The molecule has 0 aliphatic rings. The number of rotatable bonds is 3. The largest absolute Gasteiger partial charge is 0.345 e. The van der Waals surface area contributed by atoms with E-state index < -0.39 is 17.8 Å². The third kappa shape index (κ3) is 4.03. The summed E-state index contributed by atoms with van der Waals surface area (Å²) in [6.07, 6.45) is 0. The molecule has 0 spiro atoms. The summed E-state index contributed by atoms with van der Waals surface area (Å²) in [7, 11) is 0. The topological polar surface area (TPSA) is 58.2 Å². The van der Waals surface area contributed by atoms with E-state index in [1.807, 2.05) is 0 Å². The number of carbonyl (C=O) groups excluding carboxylic acids is 2. The van der Waals surface area contributed by atoms with Gasteiger partial charge in [0.25, 0.3) is 0 Å². The van der Waals surface area contributed by atoms with Crippen molar-refractivity contribution >= 4 is 29.1 Å². The first-order chi connectivity index (χ1) is 7.90. The highest BCUT2D eigenvalue weighted by atomic mass is 35.5. The molecule has 6 heteroatoms. The van der Waals surface area contributed by atoms with Gasteiger partial charge in [0, 0.05) is 12.6 Å². The molecule has 1 rings (SSSR count). The molecule has 0 aliphatic heterocycles. The third-order valence-electron chi connectivity index (χ3n) is 2.00. The summed E-state index contributed by atoms with van der Waals surface area (Å²) < 4.78 is 12.9. The number of hydrogen-bond donors (Lipinski definition) is 2. The van der Waals surface area contributed by atoms with Crippen LogP contribution in [0.2, 0.25) is 5.02 Å². The van der Waals surface area contributed by atoms with E-state index in [0.29, 0.717) is 5.69 Å². The monoisotopic (exact) mass is 258 g/mol. The number of amides is 2. The summed E-state index contributed by atoms with van der Waals surface area (Å²) in [6.45, 7) is 2.86. The predicted molar refractivity (Wildman–Crippen MR) is 63.3 cm³/mol. The highest BCUT2D eigenvalue weighted by Crippen LogP contribution is 2.19. The van der Waals surface area contributed by atoms with E-state index in [-0.39, 0.29) is 10.9 Å². The first-order valence-corrected chi connectivity index (χ1v) is 5.31. The lowest BCUT2D eigenvalue weighted by molar-refractivity contribution is -0.124. The number of nitrogens with one attached hydrogen (secondary N) is 2. The lowest BCUT2D eigenvalue weighted by Crippen LogP contribution is -2.40. The second-order valence-electron chi connectivity index (χ2n) is 3.54. The fraction of sp³-hybridized carbons (Fsp3) is 0.273. The lowest BCUT2D eigenvalue weighted by Gasteiger charge is -2.12. The van der Waals surface area contributed by atoms with Gasteiger partial charge in [0.15, 0.2) is 0 Å². The molecule has 0 saturated carbocycles. The zero-order valence-corrected chi connectivity index (χ0v) is 10.1. The fourth-order valence-electron chi connectivity index (χ4n) is 1.19. The number of anilines is 1. The van der Waals surface area contributed by atoms with Crippen LogP contribution in [0.3, 0.4) is 0 Å². The predicted octanol–water partition coefficient (Wildman–Crippen LogP) is 1.94. The van der Waals surface area contributed by atoms with Gasteiger partial charge >= 0.3 is 0 Å². The fourth-order valence-corrected chi connectivity index (χ4v) is 1.38. The van der Waals surface area contributed by atoms with Crippen LogP contribution in [0.15, 0.2) is 18.2 Å². The minimum absolute atomic E-state index is 0.0741. The number of hydrogen-bond acceptors (Lipinski definition) is 2. The number of benzene rings is 1. The van der Waals surface area contributed by atoms with Crippen LogP contribution in [0.4, 0.5) is 10.1 Å². The van der Waals surface area contributed by atoms with E-state index in [4.69, 9.17) is 11.6 Å². The van der Waals surface area contributed by atoms with Crippen molar-refractivity contribution in [3.05, 3.63) is 29.0 Å². The van der Waals surface area contributed by atoms with Gasteiger partial charge in [0.2, 0.25) is 11.8 Å². The van der Waals surface area contributed by atoms with Crippen LogP contribution in [-0.4, -0.2) is 17.9 Å². The molecule has 0 aliphatic carbocycles. The zero-order chi connectivity index (χ0) is 13.0. The van der Waals surface area contributed by atoms with Crippen LogP contribution in [-0.2, 0) is 9.59 Å². The first-order valence-electron chi connectivity index (χ1n) is 4.93. The summed E-state index contributed by atoms with van der Waals surface area (Å²) in [5.41, 5.74) is 0.374. The van der Waals surface area contributed by atoms with Crippen molar-refractivity contribution in [3.63, 3.8) is 0 Å². The third-order valence-corrected chi connectivity index (χ3v) is 2.29. The Labute approximate surface area is 103 Å². The van der Waals surface area contributed by atoms with Crippen molar-refractivity contribution in [2.45, 2.75) is 19.9 Å². The molecule has 0 unspecified atom stereocenters. The van der Waals surface area contributed by atoms with E-state index in [1.165, 1.54) is 19.1 Å². The maximum atomic E-state index is 12.9. The summed E-state index contributed by atoms with van der Waals surface area (Å²) in [5, 5.41) is 4.87. The van der Waals surface area contributed by atoms with Crippen LogP contribution in [0.25, 0.3) is 0 Å². The van der Waals surface area contributed by atoms with Gasteiger partial charge in [0.05, 0.1) is 5.02 Å². The number of carbonyl (C=O) groups is 2. The van der Waals surface area contributed by atoms with Crippen molar-refractivity contribution in [1.82, 2.24) is 5.32 Å². The molecule has 1 aromatic carbocycles. The Morgan fingerprint density at radius 1 is 1.41 bits per heavy atom. The minimum atomic E-state index is -0.670. The molecule has 2 amide bonds. The van der Waals surface area contributed by atoms with E-state index in [0.717, 1.165) is 6.07 Å². The van der Waals surface area contributed by atoms with Crippen LogP contribution in [0, 0.1) is 5.82 Å². The molecule has 0 aromatic heterocycles. The maximum absolute atomic E-state index is 12.9. The van der Waals surface area contributed by atoms with Gasteiger partial charge in [-0.2, -0.15) is 0 Å². The molecule has 2 N–H and O–H groups in total. The van der Waals surface area contributed by atoms with Crippen LogP contribution >= 0.6 is 11.6 Å². The summed E-state index contributed by atoms with van der Waals surface area (Å²) in [5.74, 6) is -1.26. The smallest absolute Gasteiger partial charge is 0.246 e. The molecular weight excluding hydrogens is 247 g/mol. The summed E-state index contributed by atoms with van der Waals surface area (Å²) in [6, 6.07) is 3.17. The van der Waals surface area contributed by atoms with E-state index in [9.17, 15) is 14.0 Å². The van der Waals surface area contributed by atoms with Crippen LogP contribution in [0.1, 0.15) is 13.8 Å². The van der Waals surface area contributed by atoms with Gasteiger partial charge in [-0.05, 0) is 25.1 Å². The Balaban J connectivity index is 2.67.